The summed E-state index contributed by atoms with van der Waals surface area (Å²) in [5.41, 5.74) is 4.06. The molecule has 0 bridgehead atoms. The van der Waals surface area contributed by atoms with Gasteiger partial charge in [-0.15, -0.1) is 0 Å². The molecular weight excluding hydrogens is 497 g/mol. The molecule has 2 heterocycles. The lowest BCUT2D eigenvalue weighted by atomic mass is 10.0. The normalized spacial score (nSPS) is 15.6. The van der Waals surface area contributed by atoms with Crippen LogP contribution in [-0.2, 0) is 19.4 Å². The van der Waals surface area contributed by atoms with Gasteiger partial charge in [-0.05, 0) is 65.0 Å². The fraction of sp³-hybridized carbons (Fsp3) is 0.250. The van der Waals surface area contributed by atoms with E-state index in [1.165, 1.54) is 0 Å². The van der Waals surface area contributed by atoms with E-state index in [1.54, 1.807) is 0 Å². The van der Waals surface area contributed by atoms with E-state index in [1.807, 2.05) is 24.3 Å². The Morgan fingerprint density at radius 2 is 1.89 bits per heavy atom. The molecule has 27 heavy (non-hydrogen) atoms. The maximum Gasteiger partial charge on any atom is 0.339 e. The molecule has 0 N–H and O–H groups in total. The molecule has 0 saturated heterocycles. The van der Waals surface area contributed by atoms with Crippen molar-refractivity contribution in [1.29, 1.82) is 0 Å². The minimum Gasteiger partial charge on any atom is -0.471 e. The zero-order valence-electron chi connectivity index (χ0n) is 14.2. The molecule has 5 rings (SSSR count). The number of hydrogen-bond acceptors (Lipinski definition) is 4. The zero-order chi connectivity index (χ0) is 18.7. The summed E-state index contributed by atoms with van der Waals surface area (Å²) in [5, 5.41) is 1.50. The highest BCUT2D eigenvalue weighted by molar-refractivity contribution is 9.11. The highest BCUT2D eigenvalue weighted by Crippen LogP contribution is 2.42. The number of halogens is 3. The van der Waals surface area contributed by atoms with E-state index in [4.69, 9.17) is 20.8 Å². The Hall–Kier alpha value is -1.50. The molecular formula is C20H14Br2ClNO3. The molecule has 3 aromatic rings. The standard InChI is InChI=1S/C20H14Br2ClNO3/c21-10-4-5-17(15(22)6-10)24-8-14-18-13(7-16(23)19(14)26-9-24)11-2-1-3-12(11)20(25)27-18/h4-7H,1-3,8-9H2. The molecule has 0 spiro atoms. The van der Waals surface area contributed by atoms with Crippen molar-refractivity contribution in [3.8, 4) is 5.75 Å². The van der Waals surface area contributed by atoms with Gasteiger partial charge in [-0.1, -0.05) is 27.5 Å². The summed E-state index contributed by atoms with van der Waals surface area (Å²) in [5.74, 6) is 0.606. The third-order valence-corrected chi connectivity index (χ3v) is 6.64. The lowest BCUT2D eigenvalue weighted by molar-refractivity contribution is 0.289. The summed E-state index contributed by atoms with van der Waals surface area (Å²) in [6, 6.07) is 7.88. The van der Waals surface area contributed by atoms with Crippen LogP contribution in [0.2, 0.25) is 5.02 Å². The van der Waals surface area contributed by atoms with Crippen molar-refractivity contribution in [1.82, 2.24) is 0 Å². The smallest absolute Gasteiger partial charge is 0.339 e. The van der Waals surface area contributed by atoms with Gasteiger partial charge in [0.1, 0.15) is 11.3 Å². The second kappa shape index (κ2) is 6.54. The Morgan fingerprint density at radius 3 is 2.70 bits per heavy atom. The molecule has 1 aliphatic heterocycles. The fourth-order valence-electron chi connectivity index (χ4n) is 4.00. The molecule has 7 heteroatoms. The number of anilines is 1. The van der Waals surface area contributed by atoms with Crippen molar-refractivity contribution >= 4 is 60.1 Å². The molecule has 0 radical (unpaired) electrons. The Morgan fingerprint density at radius 1 is 1.07 bits per heavy atom. The van der Waals surface area contributed by atoms with Crippen molar-refractivity contribution < 1.29 is 9.15 Å². The highest BCUT2D eigenvalue weighted by atomic mass is 79.9. The number of ether oxygens (including phenoxy) is 1. The Bertz CT molecular complexity index is 1160. The van der Waals surface area contributed by atoms with Crippen LogP contribution < -0.4 is 15.3 Å². The van der Waals surface area contributed by atoms with Gasteiger partial charge in [-0.3, -0.25) is 0 Å². The van der Waals surface area contributed by atoms with Gasteiger partial charge in [0.2, 0.25) is 0 Å². The van der Waals surface area contributed by atoms with E-state index in [9.17, 15) is 4.79 Å². The number of rotatable bonds is 1. The average Bonchev–Trinajstić information content (AvgIpc) is 3.14. The van der Waals surface area contributed by atoms with Crippen LogP contribution in [0, 0.1) is 0 Å². The van der Waals surface area contributed by atoms with Crippen molar-refractivity contribution in [3.63, 3.8) is 0 Å². The molecule has 2 aliphatic rings. The fourth-order valence-corrected chi connectivity index (χ4v) is 5.58. The summed E-state index contributed by atoms with van der Waals surface area (Å²) < 4.78 is 13.7. The topological polar surface area (TPSA) is 42.7 Å². The SMILES string of the molecule is O=c1oc2c3c(c(Cl)cc2c2c1CCC2)OCN(c1ccc(Br)cc1Br)C3. The van der Waals surface area contributed by atoms with Crippen LogP contribution in [0.4, 0.5) is 5.69 Å². The molecule has 0 atom stereocenters. The first-order valence-corrected chi connectivity index (χ1v) is 10.6. The van der Waals surface area contributed by atoms with Crippen LogP contribution in [0.15, 0.2) is 42.4 Å². The summed E-state index contributed by atoms with van der Waals surface area (Å²) in [7, 11) is 0. The Labute approximate surface area is 177 Å². The molecule has 0 saturated carbocycles. The van der Waals surface area contributed by atoms with Gasteiger partial charge in [0.15, 0.2) is 6.73 Å². The second-order valence-corrected chi connectivity index (χ2v) is 8.99. The minimum absolute atomic E-state index is 0.235. The van der Waals surface area contributed by atoms with Crippen LogP contribution in [-0.4, -0.2) is 6.73 Å². The summed E-state index contributed by atoms with van der Waals surface area (Å²) >= 11 is 13.6. The van der Waals surface area contributed by atoms with Gasteiger partial charge in [0.25, 0.3) is 0 Å². The first-order chi connectivity index (χ1) is 13.0. The highest BCUT2D eigenvalue weighted by Gasteiger charge is 2.28. The summed E-state index contributed by atoms with van der Waals surface area (Å²) in [6.07, 6.45) is 2.63. The number of nitrogens with zero attached hydrogens (tertiary/aromatic N) is 1. The van der Waals surface area contributed by atoms with Gasteiger partial charge < -0.3 is 14.1 Å². The van der Waals surface area contributed by atoms with Crippen LogP contribution >= 0.6 is 43.5 Å². The van der Waals surface area contributed by atoms with E-state index in [0.29, 0.717) is 29.6 Å². The monoisotopic (exact) mass is 509 g/mol. The Balaban J connectivity index is 1.69. The molecule has 0 unspecified atom stereocenters. The molecule has 138 valence electrons. The van der Waals surface area contributed by atoms with E-state index in [-0.39, 0.29) is 5.63 Å². The van der Waals surface area contributed by atoms with Gasteiger partial charge >= 0.3 is 5.63 Å². The summed E-state index contributed by atoms with van der Waals surface area (Å²) in [6.45, 7) is 0.919. The molecule has 2 aromatic carbocycles. The lowest BCUT2D eigenvalue weighted by Gasteiger charge is -2.32. The van der Waals surface area contributed by atoms with Crippen molar-refractivity contribution in [2.75, 3.05) is 11.6 Å². The van der Waals surface area contributed by atoms with Gasteiger partial charge in [0, 0.05) is 19.9 Å². The predicted molar refractivity (Wildman–Crippen MR) is 113 cm³/mol. The largest absolute Gasteiger partial charge is 0.471 e. The van der Waals surface area contributed by atoms with E-state index >= 15 is 0 Å². The van der Waals surface area contributed by atoms with Gasteiger partial charge in [0.05, 0.1) is 22.8 Å². The second-order valence-electron chi connectivity index (χ2n) is 6.81. The molecule has 1 aromatic heterocycles. The van der Waals surface area contributed by atoms with Gasteiger partial charge in [-0.2, -0.15) is 0 Å². The van der Waals surface area contributed by atoms with E-state index in [2.05, 4.69) is 36.8 Å². The van der Waals surface area contributed by atoms with Crippen molar-refractivity contribution in [2.45, 2.75) is 25.8 Å². The van der Waals surface area contributed by atoms with Crippen LogP contribution in [0.3, 0.4) is 0 Å². The number of fused-ring (bicyclic) bond motifs is 5. The van der Waals surface area contributed by atoms with Crippen LogP contribution in [0.25, 0.3) is 11.0 Å². The van der Waals surface area contributed by atoms with E-state index in [0.717, 1.165) is 56.0 Å². The zero-order valence-corrected chi connectivity index (χ0v) is 18.1. The van der Waals surface area contributed by atoms with Crippen molar-refractivity contribution in [2.24, 2.45) is 0 Å². The van der Waals surface area contributed by atoms with E-state index < -0.39 is 0 Å². The molecule has 0 amide bonds. The predicted octanol–water partition coefficient (Wildman–Crippen LogP) is 5.82. The molecule has 0 fully saturated rings. The van der Waals surface area contributed by atoms with Crippen molar-refractivity contribution in [3.05, 3.63) is 65.3 Å². The quantitative estimate of drug-likeness (QED) is 0.387. The third kappa shape index (κ3) is 2.80. The number of aryl methyl sites for hydroxylation is 1. The maximum absolute atomic E-state index is 12.5. The first kappa shape index (κ1) is 17.6. The average molecular weight is 512 g/mol. The lowest BCUT2D eigenvalue weighted by Crippen LogP contribution is -2.32. The van der Waals surface area contributed by atoms with Gasteiger partial charge in [-0.25, -0.2) is 4.79 Å². The number of hydrogen-bond donors (Lipinski definition) is 0. The Kier molecular flexibility index (Phi) is 4.26. The summed E-state index contributed by atoms with van der Waals surface area (Å²) in [4.78, 5) is 14.6. The minimum atomic E-state index is -0.235. The maximum atomic E-state index is 12.5. The number of benzene rings is 2. The molecule has 1 aliphatic carbocycles. The molecule has 4 nitrogen and oxygen atoms in total. The first-order valence-electron chi connectivity index (χ1n) is 8.65. The third-order valence-electron chi connectivity index (χ3n) is 5.23. The van der Waals surface area contributed by atoms with Crippen LogP contribution in [0.1, 0.15) is 23.1 Å². The van der Waals surface area contributed by atoms with Crippen LogP contribution in [0.5, 0.6) is 5.75 Å².